The van der Waals surface area contributed by atoms with Gasteiger partial charge in [0.2, 0.25) is 0 Å². The van der Waals surface area contributed by atoms with E-state index in [1.165, 1.54) is 0 Å². The zero-order chi connectivity index (χ0) is 3.58. The van der Waals surface area contributed by atoms with Crippen LogP contribution in [0.3, 0.4) is 0 Å². The molecule has 9 heteroatoms. The van der Waals surface area contributed by atoms with E-state index in [0.717, 1.165) is 0 Å². The molecule has 6 nitrogen and oxygen atoms in total. The second-order valence-corrected chi connectivity index (χ2v) is 1.46. The molecule has 0 rings (SSSR count). The minimum atomic E-state index is 0. The number of nitrogens with two attached hydrogens (primary N) is 1. The van der Waals surface area contributed by atoms with E-state index in [-0.39, 0.29) is 61.3 Å². The Labute approximate surface area is 91.4 Å². The van der Waals surface area contributed by atoms with Gasteiger partial charge in [0.1, 0.15) is 0 Å². The maximum atomic E-state index is 4.66. The first kappa shape index (κ1) is 70.1. The number of rotatable bonds is 0. The first-order valence-corrected chi connectivity index (χ1v) is 1.51. The molecule has 10 heavy (non-hydrogen) atoms. The molecule has 0 amide bonds. The van der Waals surface area contributed by atoms with Crippen LogP contribution >= 0.6 is 12.2 Å². The van der Waals surface area contributed by atoms with E-state index in [2.05, 4.69) is 30.6 Å². The van der Waals surface area contributed by atoms with Crippen LogP contribution in [0.2, 0.25) is 0 Å². The Balaban J connectivity index is -0.00000000300. The van der Waals surface area contributed by atoms with Gasteiger partial charge in [-0.25, -0.2) is 0 Å². The summed E-state index contributed by atoms with van der Waals surface area (Å²) in [6, 6.07) is 0. The fraction of sp³-hybridized carbons (Fsp3) is 0. The largest absolute Gasteiger partial charge is 1.00 e. The van der Waals surface area contributed by atoms with E-state index < -0.39 is 0 Å². The molecule has 0 aliphatic carbocycles. The smallest absolute Gasteiger partial charge is 0.415 e. The molecule has 0 aromatic heterocycles. The van der Waals surface area contributed by atoms with Crippen LogP contribution in [0.5, 0.6) is 0 Å². The molecule has 12 N–H and O–H groups in total. The van der Waals surface area contributed by atoms with Crippen LogP contribution in [-0.2, 0) is 12.6 Å². The third-order valence-corrected chi connectivity index (χ3v) is 0. The van der Waals surface area contributed by atoms with Gasteiger partial charge >= 0.3 is 29.6 Å². The molecule has 64 valence electrons. The minimum absolute atomic E-state index is 0. The predicted octanol–water partition coefficient (Wildman–Crippen LogP) is -7.34. The third-order valence-electron chi connectivity index (χ3n) is 0. The van der Waals surface area contributed by atoms with E-state index in [1.54, 1.807) is 0 Å². The Hall–Kier alpha value is 0.910. The average molecular weight is 205 g/mol. The van der Waals surface area contributed by atoms with Gasteiger partial charge in [-0.15, -0.1) is 0 Å². The summed E-state index contributed by atoms with van der Waals surface area (Å²) in [7, 11) is 0. The topological polar surface area (TPSA) is 184 Å². The van der Waals surface area contributed by atoms with Crippen molar-refractivity contribution in [2.75, 3.05) is 0 Å². The first-order chi connectivity index (χ1) is 1.73. The van der Waals surface area contributed by atoms with Gasteiger partial charge in [-0.1, -0.05) is 4.32 Å². The molecule has 0 spiro atoms. The fourth-order valence-electron chi connectivity index (χ4n) is 0. The molecular weight excluding hydrogens is 193 g/mol. The van der Waals surface area contributed by atoms with Crippen LogP contribution in [0.15, 0.2) is 0 Å². The summed E-state index contributed by atoms with van der Waals surface area (Å²) in [6.45, 7) is 0. The van der Waals surface area contributed by atoms with Crippen LogP contribution in [0.4, 0.5) is 0 Å². The SMILES string of the molecule is NC(=S)[S-].O.O.O.O.O.[Na+]. The Kier molecular flexibility index (Phi) is 361. The van der Waals surface area contributed by atoms with Gasteiger partial charge in [0.15, 0.2) is 0 Å². The molecule has 0 unspecified atom stereocenters. The van der Waals surface area contributed by atoms with Crippen LogP contribution < -0.4 is 35.3 Å². The summed E-state index contributed by atoms with van der Waals surface area (Å²) in [6.07, 6.45) is 0. The van der Waals surface area contributed by atoms with E-state index in [1.807, 2.05) is 0 Å². The molecule has 0 saturated heterocycles. The van der Waals surface area contributed by atoms with Crippen molar-refractivity contribution in [1.82, 2.24) is 0 Å². The van der Waals surface area contributed by atoms with Gasteiger partial charge in [0, 0.05) is 0 Å². The summed E-state index contributed by atoms with van der Waals surface area (Å²) in [4.78, 5) is 0. The average Bonchev–Trinajstić information content (AvgIpc) is 0.811. The summed E-state index contributed by atoms with van der Waals surface area (Å²) in [5, 5.41) is 0. The second-order valence-electron chi connectivity index (χ2n) is 0.319. The Morgan fingerprint density at radius 2 is 1.00 bits per heavy atom. The van der Waals surface area contributed by atoms with E-state index >= 15 is 0 Å². The van der Waals surface area contributed by atoms with E-state index in [4.69, 9.17) is 0 Å². The third kappa shape index (κ3) is 673. The normalized spacial score (nSPS) is 2.40. The summed E-state index contributed by atoms with van der Waals surface area (Å²) >= 11 is 8.26. The summed E-state index contributed by atoms with van der Waals surface area (Å²) in [5.41, 5.74) is 4.66. The van der Waals surface area contributed by atoms with E-state index in [0.29, 0.717) is 0 Å². The monoisotopic (exact) mass is 205 g/mol. The van der Waals surface area contributed by atoms with Crippen molar-refractivity contribution in [3.8, 4) is 0 Å². The van der Waals surface area contributed by atoms with Crippen LogP contribution in [0, 0.1) is 0 Å². The molecule has 0 bridgehead atoms. The first-order valence-electron chi connectivity index (χ1n) is 0.697. The number of hydrogen-bond donors (Lipinski definition) is 1. The van der Waals surface area contributed by atoms with Crippen molar-refractivity contribution >= 4 is 29.2 Å². The molecule has 0 aliphatic heterocycles. The van der Waals surface area contributed by atoms with Gasteiger partial charge in [-0.3, -0.25) is 0 Å². The van der Waals surface area contributed by atoms with Gasteiger partial charge in [0.05, 0.1) is 0 Å². The predicted molar refractivity (Wildman–Crippen MR) is 42.2 cm³/mol. The molecule has 0 radical (unpaired) electrons. The van der Waals surface area contributed by atoms with Crippen molar-refractivity contribution in [3.63, 3.8) is 0 Å². The maximum Gasteiger partial charge on any atom is 1.00 e. The van der Waals surface area contributed by atoms with Crippen molar-refractivity contribution in [2.45, 2.75) is 0 Å². The van der Waals surface area contributed by atoms with Gasteiger partial charge in [0.25, 0.3) is 0 Å². The van der Waals surface area contributed by atoms with Crippen molar-refractivity contribution in [3.05, 3.63) is 0 Å². The zero-order valence-corrected chi connectivity index (χ0v) is 9.03. The van der Waals surface area contributed by atoms with Crippen LogP contribution in [0.1, 0.15) is 0 Å². The fourth-order valence-corrected chi connectivity index (χ4v) is 0. The van der Waals surface area contributed by atoms with Crippen LogP contribution in [0.25, 0.3) is 0 Å². The molecule has 0 aliphatic rings. The van der Waals surface area contributed by atoms with Gasteiger partial charge in [-0.05, 0) is 0 Å². The van der Waals surface area contributed by atoms with E-state index in [9.17, 15) is 0 Å². The second kappa shape index (κ2) is 51.5. The Morgan fingerprint density at radius 3 is 1.00 bits per heavy atom. The quantitative estimate of drug-likeness (QED) is 0.234. The Morgan fingerprint density at radius 1 is 1.00 bits per heavy atom. The molecule has 0 fully saturated rings. The maximum absolute atomic E-state index is 4.66. The number of hydrogen-bond acceptors (Lipinski definition) is 2. The zero-order valence-electron chi connectivity index (χ0n) is 5.39. The van der Waals surface area contributed by atoms with Crippen molar-refractivity contribution in [1.29, 1.82) is 0 Å². The molecule has 0 aromatic carbocycles. The van der Waals surface area contributed by atoms with Gasteiger partial charge in [-0.2, -0.15) is 0 Å². The summed E-state index contributed by atoms with van der Waals surface area (Å²) < 4.78 is 0.0833. The standard InChI is InChI=1S/CH3NS2.Na.5H2O/c2-1(3)4;;;;;;/h(H3,2,3,4);;5*1H2/q;+1;;;;;/p-1. The van der Waals surface area contributed by atoms with Gasteiger partial charge < -0.3 is 58.0 Å². The molecule has 0 heterocycles. The number of thiocarbonyl (C=S) groups is 1. The van der Waals surface area contributed by atoms with Crippen molar-refractivity contribution in [2.24, 2.45) is 5.73 Å². The van der Waals surface area contributed by atoms with Crippen molar-refractivity contribution < 1.29 is 56.9 Å². The molecule has 0 aromatic rings. The minimum Gasteiger partial charge on any atom is -0.415 e. The Bertz CT molecular complexity index is 42.6. The molecule has 0 atom stereocenters. The molecular formula is CH12NNaO5S2. The molecule has 0 saturated carbocycles. The van der Waals surface area contributed by atoms with Crippen LogP contribution in [-0.4, -0.2) is 31.7 Å². The summed E-state index contributed by atoms with van der Waals surface area (Å²) in [5.74, 6) is 0.